The van der Waals surface area contributed by atoms with E-state index in [1.807, 2.05) is 0 Å². The Kier molecular flexibility index (Phi) is 5.39. The fraction of sp³-hybridized carbons (Fsp3) is 0.909. The Hall–Kier alpha value is -0.620. The van der Waals surface area contributed by atoms with E-state index in [1.165, 1.54) is 0 Å². The summed E-state index contributed by atoms with van der Waals surface area (Å²) in [7, 11) is -3.08. The maximum atomic E-state index is 11.4. The molecule has 1 rings (SSSR count). The predicted molar refractivity (Wildman–Crippen MR) is 65.3 cm³/mol. The second kappa shape index (κ2) is 6.35. The van der Waals surface area contributed by atoms with E-state index in [0.717, 1.165) is 31.9 Å². The van der Waals surface area contributed by atoms with Gasteiger partial charge in [-0.2, -0.15) is 0 Å². The van der Waals surface area contributed by atoms with Crippen molar-refractivity contribution < 1.29 is 18.3 Å². The zero-order valence-corrected chi connectivity index (χ0v) is 11.0. The second-order valence-electron chi connectivity index (χ2n) is 4.80. The molecule has 1 aliphatic rings. The lowest BCUT2D eigenvalue weighted by molar-refractivity contribution is -0.121. The Balaban J connectivity index is 2.23. The maximum absolute atomic E-state index is 11.4. The third kappa shape index (κ3) is 6.02. The zero-order valence-electron chi connectivity index (χ0n) is 10.2. The molecular weight excluding hydrogens is 242 g/mol. The first kappa shape index (κ1) is 14.4. The molecule has 2 unspecified atom stereocenters. The molecule has 6 heteroatoms. The van der Waals surface area contributed by atoms with Crippen molar-refractivity contribution in [3.05, 3.63) is 0 Å². The van der Waals surface area contributed by atoms with Gasteiger partial charge in [0.2, 0.25) is 5.91 Å². The molecule has 0 aliphatic heterocycles. The number of carbonyl (C=O) groups is 1. The highest BCUT2D eigenvalue weighted by molar-refractivity contribution is 7.90. The molecule has 1 saturated carbocycles. The third-order valence-corrected chi connectivity index (χ3v) is 4.08. The van der Waals surface area contributed by atoms with Crippen LogP contribution in [0, 0.1) is 5.92 Å². The van der Waals surface area contributed by atoms with E-state index in [1.54, 1.807) is 0 Å². The van der Waals surface area contributed by atoms with Gasteiger partial charge in [0.15, 0.2) is 0 Å². The second-order valence-corrected chi connectivity index (χ2v) is 7.06. The van der Waals surface area contributed by atoms with E-state index in [2.05, 4.69) is 5.32 Å². The Morgan fingerprint density at radius 1 is 1.35 bits per heavy atom. The predicted octanol–water partition coefficient (Wildman–Crippen LogP) is 0.0884. The molecule has 2 N–H and O–H groups in total. The highest BCUT2D eigenvalue weighted by Crippen LogP contribution is 2.23. The monoisotopic (exact) mass is 263 g/mol. The number of aliphatic hydroxyl groups excluding tert-OH is 1. The highest BCUT2D eigenvalue weighted by atomic mass is 32.2. The van der Waals surface area contributed by atoms with Crippen molar-refractivity contribution in [2.24, 2.45) is 5.92 Å². The minimum Gasteiger partial charge on any atom is -0.393 e. The topological polar surface area (TPSA) is 83.5 Å². The van der Waals surface area contributed by atoms with Crippen LogP contribution in [0.25, 0.3) is 0 Å². The smallest absolute Gasteiger partial charge is 0.221 e. The van der Waals surface area contributed by atoms with Gasteiger partial charge >= 0.3 is 0 Å². The molecule has 0 bridgehead atoms. The van der Waals surface area contributed by atoms with Gasteiger partial charge in [-0.15, -0.1) is 0 Å². The fourth-order valence-electron chi connectivity index (χ4n) is 2.04. The minimum absolute atomic E-state index is 0.00164. The standard InChI is InChI=1S/C11H21NO4S/c1-17(15,16)7-6-11(14)12-8-9-4-2-3-5-10(9)13/h9-10,13H,2-8H2,1H3,(H,12,14). The normalized spacial score (nSPS) is 25.5. The minimum atomic E-state index is -3.08. The molecule has 1 fully saturated rings. The van der Waals surface area contributed by atoms with E-state index in [4.69, 9.17) is 0 Å². The van der Waals surface area contributed by atoms with Gasteiger partial charge in [0, 0.05) is 25.1 Å². The van der Waals surface area contributed by atoms with E-state index < -0.39 is 9.84 Å². The Bertz CT molecular complexity index is 352. The Morgan fingerprint density at radius 3 is 2.59 bits per heavy atom. The Labute approximate surface area is 103 Å². The van der Waals surface area contributed by atoms with Gasteiger partial charge in [-0.25, -0.2) is 8.42 Å². The molecule has 100 valence electrons. The quantitative estimate of drug-likeness (QED) is 0.736. The van der Waals surface area contributed by atoms with Gasteiger partial charge in [0.1, 0.15) is 9.84 Å². The van der Waals surface area contributed by atoms with Crippen LogP contribution in [0.4, 0.5) is 0 Å². The van der Waals surface area contributed by atoms with Crippen LogP contribution >= 0.6 is 0 Å². The number of rotatable bonds is 5. The average molecular weight is 263 g/mol. The lowest BCUT2D eigenvalue weighted by Crippen LogP contribution is -2.37. The van der Waals surface area contributed by atoms with E-state index >= 15 is 0 Å². The van der Waals surface area contributed by atoms with Crippen molar-refractivity contribution >= 4 is 15.7 Å². The van der Waals surface area contributed by atoms with Gasteiger partial charge in [0.25, 0.3) is 0 Å². The van der Waals surface area contributed by atoms with Crippen LogP contribution in [0.5, 0.6) is 0 Å². The van der Waals surface area contributed by atoms with Gasteiger partial charge < -0.3 is 10.4 Å². The van der Waals surface area contributed by atoms with Crippen LogP contribution in [-0.2, 0) is 14.6 Å². The molecule has 0 heterocycles. The summed E-state index contributed by atoms with van der Waals surface area (Å²) in [6, 6.07) is 0. The first-order chi connectivity index (χ1) is 7.88. The summed E-state index contributed by atoms with van der Waals surface area (Å²) >= 11 is 0. The first-order valence-corrected chi connectivity index (χ1v) is 8.07. The van der Waals surface area contributed by atoms with Crippen LogP contribution in [0.2, 0.25) is 0 Å². The zero-order chi connectivity index (χ0) is 12.9. The number of hydrogen-bond donors (Lipinski definition) is 2. The summed E-state index contributed by atoms with van der Waals surface area (Å²) in [4.78, 5) is 11.4. The molecule has 2 atom stereocenters. The van der Waals surface area contributed by atoms with Crippen molar-refractivity contribution in [3.63, 3.8) is 0 Å². The van der Waals surface area contributed by atoms with Crippen LogP contribution in [0.1, 0.15) is 32.1 Å². The lowest BCUT2D eigenvalue weighted by atomic mass is 9.86. The van der Waals surface area contributed by atoms with Crippen molar-refractivity contribution in [3.8, 4) is 0 Å². The molecule has 5 nitrogen and oxygen atoms in total. The van der Waals surface area contributed by atoms with E-state index in [0.29, 0.717) is 6.54 Å². The van der Waals surface area contributed by atoms with Crippen LogP contribution in [0.15, 0.2) is 0 Å². The molecule has 1 amide bonds. The molecular formula is C11H21NO4S. The Morgan fingerprint density at radius 2 is 2.00 bits per heavy atom. The number of aliphatic hydroxyl groups is 1. The summed E-state index contributed by atoms with van der Waals surface area (Å²) in [5.41, 5.74) is 0. The molecule has 0 aromatic carbocycles. The van der Waals surface area contributed by atoms with Gasteiger partial charge in [-0.1, -0.05) is 12.8 Å². The first-order valence-electron chi connectivity index (χ1n) is 6.01. The molecule has 0 spiro atoms. The highest BCUT2D eigenvalue weighted by Gasteiger charge is 2.23. The van der Waals surface area contributed by atoms with Crippen molar-refractivity contribution in [2.45, 2.75) is 38.2 Å². The SMILES string of the molecule is CS(=O)(=O)CCC(=O)NCC1CCCCC1O. The van der Waals surface area contributed by atoms with Crippen molar-refractivity contribution in [1.29, 1.82) is 0 Å². The summed E-state index contributed by atoms with van der Waals surface area (Å²) in [5, 5.41) is 12.4. The molecule has 0 aromatic rings. The largest absolute Gasteiger partial charge is 0.393 e. The van der Waals surface area contributed by atoms with Gasteiger partial charge in [-0.3, -0.25) is 4.79 Å². The van der Waals surface area contributed by atoms with Gasteiger partial charge in [-0.05, 0) is 12.8 Å². The lowest BCUT2D eigenvalue weighted by Gasteiger charge is -2.27. The number of sulfone groups is 1. The molecule has 17 heavy (non-hydrogen) atoms. The molecule has 0 aromatic heterocycles. The summed E-state index contributed by atoms with van der Waals surface area (Å²) < 4.78 is 21.7. The maximum Gasteiger partial charge on any atom is 0.221 e. The number of hydrogen-bond acceptors (Lipinski definition) is 4. The molecule has 1 aliphatic carbocycles. The average Bonchev–Trinajstić information content (AvgIpc) is 2.24. The number of amides is 1. The van der Waals surface area contributed by atoms with Crippen LogP contribution < -0.4 is 5.32 Å². The number of carbonyl (C=O) groups excluding carboxylic acids is 1. The number of nitrogens with one attached hydrogen (secondary N) is 1. The fourth-order valence-corrected chi connectivity index (χ4v) is 2.59. The van der Waals surface area contributed by atoms with Gasteiger partial charge in [0.05, 0.1) is 11.9 Å². The van der Waals surface area contributed by atoms with Crippen LogP contribution in [0.3, 0.4) is 0 Å². The van der Waals surface area contributed by atoms with Crippen LogP contribution in [-0.4, -0.2) is 44.1 Å². The van der Waals surface area contributed by atoms with E-state index in [-0.39, 0.29) is 30.1 Å². The van der Waals surface area contributed by atoms with Crippen molar-refractivity contribution in [1.82, 2.24) is 5.32 Å². The molecule has 0 saturated heterocycles. The van der Waals surface area contributed by atoms with E-state index in [9.17, 15) is 18.3 Å². The van der Waals surface area contributed by atoms with Crippen molar-refractivity contribution in [2.75, 3.05) is 18.6 Å². The molecule has 0 radical (unpaired) electrons. The third-order valence-electron chi connectivity index (χ3n) is 3.13. The summed E-state index contributed by atoms with van der Waals surface area (Å²) in [6.45, 7) is 0.448. The summed E-state index contributed by atoms with van der Waals surface area (Å²) in [5.74, 6) is -0.259. The summed E-state index contributed by atoms with van der Waals surface area (Å²) in [6.07, 6.45) is 4.63.